The van der Waals surface area contributed by atoms with Crippen LogP contribution in [0.15, 0.2) is 18.2 Å². The van der Waals surface area contributed by atoms with Crippen LogP contribution in [0.25, 0.3) is 0 Å². The maximum atomic E-state index is 13.9. The van der Waals surface area contributed by atoms with E-state index in [0.29, 0.717) is 5.56 Å². The molecule has 1 aliphatic rings. The highest BCUT2D eigenvalue weighted by molar-refractivity contribution is 6.30. The van der Waals surface area contributed by atoms with Crippen molar-refractivity contribution in [3.05, 3.63) is 34.6 Å². The number of amides is 2. The van der Waals surface area contributed by atoms with E-state index in [9.17, 15) is 14.0 Å². The summed E-state index contributed by atoms with van der Waals surface area (Å²) < 4.78 is 13.9. The zero-order valence-corrected chi connectivity index (χ0v) is 13.0. The number of carbonyl (C=O) groups excluding carboxylic acids is 2. The van der Waals surface area contributed by atoms with E-state index in [1.54, 1.807) is 12.1 Å². The van der Waals surface area contributed by atoms with Gasteiger partial charge in [0.2, 0.25) is 11.8 Å². The quantitative estimate of drug-likeness (QED) is 0.911. The molecule has 1 atom stereocenters. The molecule has 1 N–H and O–H groups in total. The summed E-state index contributed by atoms with van der Waals surface area (Å²) in [4.78, 5) is 25.6. The Kier molecular flexibility index (Phi) is 4.23. The summed E-state index contributed by atoms with van der Waals surface area (Å²) in [5.74, 6) is -0.997. The lowest BCUT2D eigenvalue weighted by molar-refractivity contribution is -0.148. The fourth-order valence-corrected chi connectivity index (χ4v) is 2.49. The van der Waals surface area contributed by atoms with Gasteiger partial charge in [-0.2, -0.15) is 0 Å². The number of carbonyl (C=O) groups is 2. The first-order chi connectivity index (χ1) is 9.70. The van der Waals surface area contributed by atoms with Gasteiger partial charge in [0.1, 0.15) is 11.9 Å². The monoisotopic (exact) mass is 312 g/mol. The maximum absolute atomic E-state index is 13.9. The van der Waals surface area contributed by atoms with Gasteiger partial charge in [-0.15, -0.1) is 0 Å². The molecule has 1 aliphatic heterocycles. The summed E-state index contributed by atoms with van der Waals surface area (Å²) in [6, 6.07) is 4.02. The summed E-state index contributed by atoms with van der Waals surface area (Å²) in [6.45, 7) is 5.58. The van der Waals surface area contributed by atoms with Crippen molar-refractivity contribution in [1.82, 2.24) is 10.2 Å². The van der Waals surface area contributed by atoms with Gasteiger partial charge in [-0.1, -0.05) is 44.5 Å². The van der Waals surface area contributed by atoms with Gasteiger partial charge >= 0.3 is 0 Å². The highest BCUT2D eigenvalue weighted by Crippen LogP contribution is 2.25. The molecule has 1 heterocycles. The van der Waals surface area contributed by atoms with Crippen molar-refractivity contribution >= 4 is 23.4 Å². The molecule has 6 heteroatoms. The molecule has 0 aromatic heterocycles. The minimum atomic E-state index is -0.610. The molecule has 114 valence electrons. The molecular formula is C15H18ClFN2O2. The SMILES string of the molecule is CC(C)(C)C1NC(=O)CN(Cc2cccc(Cl)c2F)C1=O. The van der Waals surface area contributed by atoms with Crippen LogP contribution in [-0.4, -0.2) is 29.3 Å². The van der Waals surface area contributed by atoms with E-state index >= 15 is 0 Å². The summed E-state index contributed by atoms with van der Waals surface area (Å²) >= 11 is 5.74. The van der Waals surface area contributed by atoms with E-state index in [1.807, 2.05) is 20.8 Å². The van der Waals surface area contributed by atoms with Gasteiger partial charge in [0, 0.05) is 12.1 Å². The van der Waals surface area contributed by atoms with Crippen molar-refractivity contribution < 1.29 is 14.0 Å². The molecule has 4 nitrogen and oxygen atoms in total. The second-order valence-electron chi connectivity index (χ2n) is 6.27. The zero-order valence-electron chi connectivity index (χ0n) is 12.2. The second-order valence-corrected chi connectivity index (χ2v) is 6.68. The normalized spacial score (nSPS) is 19.7. The molecule has 1 aromatic rings. The Morgan fingerprint density at radius 1 is 1.38 bits per heavy atom. The molecule has 2 rings (SSSR count). The lowest BCUT2D eigenvalue weighted by Crippen LogP contribution is -2.61. The molecule has 0 saturated carbocycles. The van der Waals surface area contributed by atoms with Crippen LogP contribution in [0.1, 0.15) is 26.3 Å². The van der Waals surface area contributed by atoms with Crippen LogP contribution in [0.5, 0.6) is 0 Å². The molecular weight excluding hydrogens is 295 g/mol. The maximum Gasteiger partial charge on any atom is 0.246 e. The predicted molar refractivity (Wildman–Crippen MR) is 78.2 cm³/mol. The number of rotatable bonds is 2. The predicted octanol–water partition coefficient (Wildman–Crippen LogP) is 2.35. The smallest absolute Gasteiger partial charge is 0.246 e. The Morgan fingerprint density at radius 2 is 2.05 bits per heavy atom. The highest BCUT2D eigenvalue weighted by Gasteiger charge is 2.40. The summed E-state index contributed by atoms with van der Waals surface area (Å²) in [5.41, 5.74) is -0.101. The summed E-state index contributed by atoms with van der Waals surface area (Å²) in [5, 5.41) is 2.71. The fourth-order valence-electron chi connectivity index (χ4n) is 2.30. The van der Waals surface area contributed by atoms with Gasteiger partial charge in [-0.3, -0.25) is 9.59 Å². The van der Waals surface area contributed by atoms with Crippen LogP contribution in [0.2, 0.25) is 5.02 Å². The molecule has 1 saturated heterocycles. The number of hydrogen-bond acceptors (Lipinski definition) is 2. The Balaban J connectivity index is 2.25. The Labute approximate surface area is 128 Å². The molecule has 0 aliphatic carbocycles. The Hall–Kier alpha value is -1.62. The zero-order chi connectivity index (χ0) is 15.8. The van der Waals surface area contributed by atoms with Crippen molar-refractivity contribution in [3.63, 3.8) is 0 Å². The lowest BCUT2D eigenvalue weighted by atomic mass is 9.84. The van der Waals surface area contributed by atoms with Gasteiger partial charge in [0.25, 0.3) is 0 Å². The first-order valence-electron chi connectivity index (χ1n) is 6.71. The van der Waals surface area contributed by atoms with Crippen molar-refractivity contribution in [3.8, 4) is 0 Å². The third-order valence-corrected chi connectivity index (χ3v) is 3.75. The number of nitrogens with zero attached hydrogens (tertiary/aromatic N) is 1. The van der Waals surface area contributed by atoms with E-state index in [2.05, 4.69) is 5.32 Å². The van der Waals surface area contributed by atoms with Crippen molar-refractivity contribution in [2.75, 3.05) is 6.54 Å². The van der Waals surface area contributed by atoms with Crippen LogP contribution in [0.3, 0.4) is 0 Å². The third-order valence-electron chi connectivity index (χ3n) is 3.46. The van der Waals surface area contributed by atoms with Crippen molar-refractivity contribution in [2.24, 2.45) is 5.41 Å². The van der Waals surface area contributed by atoms with Gasteiger partial charge in [0.15, 0.2) is 0 Å². The molecule has 2 amide bonds. The van der Waals surface area contributed by atoms with Gasteiger partial charge in [0.05, 0.1) is 11.6 Å². The number of piperazine rings is 1. The minimum absolute atomic E-state index is 0.00813. The molecule has 1 aromatic carbocycles. The third kappa shape index (κ3) is 3.35. The highest BCUT2D eigenvalue weighted by atomic mass is 35.5. The van der Waals surface area contributed by atoms with E-state index in [1.165, 1.54) is 11.0 Å². The van der Waals surface area contributed by atoms with Crippen molar-refractivity contribution in [1.29, 1.82) is 0 Å². The van der Waals surface area contributed by atoms with E-state index < -0.39 is 17.3 Å². The molecule has 0 radical (unpaired) electrons. The van der Waals surface area contributed by atoms with Gasteiger partial charge < -0.3 is 10.2 Å². The number of hydrogen-bond donors (Lipinski definition) is 1. The number of benzene rings is 1. The van der Waals surface area contributed by atoms with Gasteiger partial charge in [-0.05, 0) is 11.5 Å². The van der Waals surface area contributed by atoms with Crippen LogP contribution >= 0.6 is 11.6 Å². The van der Waals surface area contributed by atoms with Crippen molar-refractivity contribution in [2.45, 2.75) is 33.4 Å². The number of halogens is 2. The van der Waals surface area contributed by atoms with Gasteiger partial charge in [-0.25, -0.2) is 4.39 Å². The van der Waals surface area contributed by atoms with Crippen LogP contribution in [-0.2, 0) is 16.1 Å². The first-order valence-corrected chi connectivity index (χ1v) is 7.09. The van der Waals surface area contributed by atoms with E-state index in [4.69, 9.17) is 11.6 Å². The minimum Gasteiger partial charge on any atom is -0.342 e. The standard InChI is InChI=1S/C15H18ClFN2O2/c1-15(2,3)13-14(21)19(8-11(20)18-13)7-9-5-4-6-10(16)12(9)17/h4-6,13H,7-8H2,1-3H3,(H,18,20). The molecule has 1 unspecified atom stereocenters. The summed E-state index contributed by atoms with van der Waals surface area (Å²) in [7, 11) is 0. The first kappa shape index (κ1) is 15.8. The summed E-state index contributed by atoms with van der Waals surface area (Å²) in [6.07, 6.45) is 0. The lowest BCUT2D eigenvalue weighted by Gasteiger charge is -2.39. The van der Waals surface area contributed by atoms with Crippen LogP contribution < -0.4 is 5.32 Å². The molecule has 0 bridgehead atoms. The molecule has 21 heavy (non-hydrogen) atoms. The van der Waals surface area contributed by atoms with Crippen LogP contribution in [0.4, 0.5) is 4.39 Å². The molecule has 0 spiro atoms. The average molecular weight is 313 g/mol. The number of nitrogens with one attached hydrogen (secondary N) is 1. The topological polar surface area (TPSA) is 49.4 Å². The van der Waals surface area contributed by atoms with Crippen LogP contribution in [0, 0.1) is 11.2 Å². The van der Waals surface area contributed by atoms with E-state index in [0.717, 1.165) is 0 Å². The van der Waals surface area contributed by atoms with E-state index in [-0.39, 0.29) is 29.9 Å². The Morgan fingerprint density at radius 3 is 2.67 bits per heavy atom. The Bertz CT molecular complexity index is 584. The second kappa shape index (κ2) is 5.64. The fraction of sp³-hybridized carbons (Fsp3) is 0.467. The molecule has 1 fully saturated rings. The average Bonchev–Trinajstić information content (AvgIpc) is 2.37. The largest absolute Gasteiger partial charge is 0.342 e.